The molecule has 1 heterocycles. The molecule has 0 aromatic carbocycles. The molecule has 16 heavy (non-hydrogen) atoms. The number of hydrogen-bond acceptors (Lipinski definition) is 2. The summed E-state index contributed by atoms with van der Waals surface area (Å²) >= 11 is 0. The Morgan fingerprint density at radius 3 is 2.94 bits per heavy atom. The van der Waals surface area contributed by atoms with E-state index in [-0.39, 0.29) is 5.91 Å². The number of aliphatic hydroxyl groups is 1. The first kappa shape index (κ1) is 11.2. The molecule has 1 aliphatic carbocycles. The summed E-state index contributed by atoms with van der Waals surface area (Å²) in [6.07, 6.45) is 3.55. The first-order valence-corrected chi connectivity index (χ1v) is 5.68. The Balaban J connectivity index is 2.02. The largest absolute Gasteiger partial charge is 0.387 e. The Morgan fingerprint density at radius 2 is 2.38 bits per heavy atom. The van der Waals surface area contributed by atoms with E-state index in [0.29, 0.717) is 12.6 Å². The quantitative estimate of drug-likeness (QED) is 0.831. The second-order valence-corrected chi connectivity index (χ2v) is 4.47. The molecule has 1 aromatic heterocycles. The van der Waals surface area contributed by atoms with Crippen LogP contribution in [0, 0.1) is 0 Å². The molecule has 1 unspecified atom stereocenters. The molecule has 1 saturated carbocycles. The second kappa shape index (κ2) is 4.29. The van der Waals surface area contributed by atoms with Gasteiger partial charge < -0.3 is 14.6 Å². The van der Waals surface area contributed by atoms with Gasteiger partial charge in [0.25, 0.3) is 0 Å². The third kappa shape index (κ3) is 2.27. The molecule has 1 N–H and O–H groups in total. The molecule has 0 aliphatic heterocycles. The first-order valence-electron chi connectivity index (χ1n) is 5.68. The third-order valence-corrected chi connectivity index (χ3v) is 3.09. The van der Waals surface area contributed by atoms with Crippen LogP contribution in [0.1, 0.15) is 31.6 Å². The minimum atomic E-state index is -0.533. The minimum absolute atomic E-state index is 0.112. The van der Waals surface area contributed by atoms with Gasteiger partial charge in [0.1, 0.15) is 6.54 Å². The van der Waals surface area contributed by atoms with Crippen LogP contribution in [0.5, 0.6) is 0 Å². The highest BCUT2D eigenvalue weighted by atomic mass is 16.3. The van der Waals surface area contributed by atoms with Gasteiger partial charge in [-0.25, -0.2) is 0 Å². The Kier molecular flexibility index (Phi) is 3.01. The van der Waals surface area contributed by atoms with Gasteiger partial charge in [-0.2, -0.15) is 0 Å². The average Bonchev–Trinajstić information content (AvgIpc) is 2.97. The van der Waals surface area contributed by atoms with Gasteiger partial charge in [0.2, 0.25) is 5.91 Å². The molecule has 1 amide bonds. The normalized spacial score (nSPS) is 17.2. The lowest BCUT2D eigenvalue weighted by molar-refractivity contribution is -0.131. The van der Waals surface area contributed by atoms with E-state index in [1.54, 1.807) is 6.92 Å². The third-order valence-electron chi connectivity index (χ3n) is 3.09. The van der Waals surface area contributed by atoms with E-state index in [0.717, 1.165) is 18.5 Å². The highest BCUT2D eigenvalue weighted by molar-refractivity contribution is 5.76. The summed E-state index contributed by atoms with van der Waals surface area (Å²) in [6, 6.07) is 4.14. The van der Waals surface area contributed by atoms with Gasteiger partial charge in [0, 0.05) is 25.0 Å². The smallest absolute Gasteiger partial charge is 0.242 e. The van der Waals surface area contributed by atoms with Gasteiger partial charge >= 0.3 is 0 Å². The van der Waals surface area contributed by atoms with Gasteiger partial charge in [-0.15, -0.1) is 0 Å². The lowest BCUT2D eigenvalue weighted by Crippen LogP contribution is -2.32. The van der Waals surface area contributed by atoms with Gasteiger partial charge in [-0.1, -0.05) is 0 Å². The van der Waals surface area contributed by atoms with Gasteiger partial charge in [0.15, 0.2) is 0 Å². The molecule has 1 aromatic rings. The van der Waals surface area contributed by atoms with Crippen LogP contribution in [0.2, 0.25) is 0 Å². The fourth-order valence-electron chi connectivity index (χ4n) is 1.87. The standard InChI is InChI=1S/C12H18N2O2/c1-9(15)11-4-3-7-14(11)8-12(16)13(2)10-5-6-10/h3-4,7,9-10,15H,5-6,8H2,1-2H3. The molecule has 0 spiro atoms. The van der Waals surface area contributed by atoms with Crippen molar-refractivity contribution in [3.63, 3.8) is 0 Å². The maximum atomic E-state index is 11.9. The molecule has 0 saturated heterocycles. The Labute approximate surface area is 95.5 Å². The summed E-state index contributed by atoms with van der Waals surface area (Å²) in [6.45, 7) is 2.03. The molecule has 1 aliphatic rings. The van der Waals surface area contributed by atoms with E-state index in [9.17, 15) is 9.90 Å². The Morgan fingerprint density at radius 1 is 1.69 bits per heavy atom. The summed E-state index contributed by atoms with van der Waals surface area (Å²) in [5.74, 6) is 0.112. The summed E-state index contributed by atoms with van der Waals surface area (Å²) < 4.78 is 1.81. The molecule has 4 heteroatoms. The Bertz CT molecular complexity index is 380. The van der Waals surface area contributed by atoms with Crippen molar-refractivity contribution in [2.24, 2.45) is 0 Å². The SMILES string of the molecule is CC(O)c1cccn1CC(=O)N(C)C1CC1. The van der Waals surface area contributed by atoms with Crippen molar-refractivity contribution < 1.29 is 9.90 Å². The molecule has 1 fully saturated rings. The van der Waals surface area contributed by atoms with Crippen LogP contribution in [0.3, 0.4) is 0 Å². The van der Waals surface area contributed by atoms with Crippen LogP contribution in [-0.2, 0) is 11.3 Å². The number of likely N-dealkylation sites (N-methyl/N-ethyl adjacent to an activating group) is 1. The highest BCUT2D eigenvalue weighted by Crippen LogP contribution is 2.25. The number of aliphatic hydroxyl groups excluding tert-OH is 1. The zero-order valence-electron chi connectivity index (χ0n) is 9.76. The molecule has 0 bridgehead atoms. The van der Waals surface area contributed by atoms with Crippen LogP contribution in [-0.4, -0.2) is 33.6 Å². The van der Waals surface area contributed by atoms with Gasteiger partial charge in [0.05, 0.1) is 6.10 Å². The predicted molar refractivity (Wildman–Crippen MR) is 60.9 cm³/mol. The topological polar surface area (TPSA) is 45.5 Å². The van der Waals surface area contributed by atoms with E-state index >= 15 is 0 Å². The van der Waals surface area contributed by atoms with Crippen LogP contribution >= 0.6 is 0 Å². The fraction of sp³-hybridized carbons (Fsp3) is 0.583. The summed E-state index contributed by atoms with van der Waals surface area (Å²) in [7, 11) is 1.85. The monoisotopic (exact) mass is 222 g/mol. The molecular formula is C12H18N2O2. The van der Waals surface area contributed by atoms with Gasteiger partial charge in [-0.05, 0) is 31.9 Å². The number of aromatic nitrogens is 1. The zero-order chi connectivity index (χ0) is 11.7. The summed E-state index contributed by atoms with van der Waals surface area (Å²) in [5.41, 5.74) is 0.789. The number of carbonyl (C=O) groups is 1. The predicted octanol–water partition coefficient (Wildman–Crippen LogP) is 1.16. The lowest BCUT2D eigenvalue weighted by Gasteiger charge is -2.18. The molecular weight excluding hydrogens is 204 g/mol. The van der Waals surface area contributed by atoms with Crippen LogP contribution in [0.25, 0.3) is 0 Å². The number of carbonyl (C=O) groups excluding carboxylic acids is 1. The van der Waals surface area contributed by atoms with E-state index in [1.807, 2.05) is 34.8 Å². The Hall–Kier alpha value is -1.29. The van der Waals surface area contributed by atoms with E-state index < -0.39 is 6.10 Å². The van der Waals surface area contributed by atoms with Crippen molar-refractivity contribution in [2.75, 3.05) is 7.05 Å². The number of nitrogens with zero attached hydrogens (tertiary/aromatic N) is 2. The van der Waals surface area contributed by atoms with E-state index in [1.165, 1.54) is 0 Å². The summed E-state index contributed by atoms with van der Waals surface area (Å²) in [4.78, 5) is 13.7. The number of hydrogen-bond donors (Lipinski definition) is 1. The second-order valence-electron chi connectivity index (χ2n) is 4.47. The average molecular weight is 222 g/mol. The zero-order valence-corrected chi connectivity index (χ0v) is 9.76. The van der Waals surface area contributed by atoms with E-state index in [4.69, 9.17) is 0 Å². The number of rotatable bonds is 4. The molecule has 2 rings (SSSR count). The minimum Gasteiger partial charge on any atom is -0.387 e. The molecule has 1 atom stereocenters. The van der Waals surface area contributed by atoms with Gasteiger partial charge in [-0.3, -0.25) is 4.79 Å². The molecule has 0 radical (unpaired) electrons. The van der Waals surface area contributed by atoms with Crippen LogP contribution in [0.4, 0.5) is 0 Å². The van der Waals surface area contributed by atoms with Crippen molar-refractivity contribution in [1.82, 2.24) is 9.47 Å². The van der Waals surface area contributed by atoms with Crippen molar-refractivity contribution in [1.29, 1.82) is 0 Å². The number of amides is 1. The summed E-state index contributed by atoms with van der Waals surface area (Å²) in [5, 5.41) is 9.52. The highest BCUT2D eigenvalue weighted by Gasteiger charge is 2.29. The van der Waals surface area contributed by atoms with Crippen LogP contribution < -0.4 is 0 Å². The van der Waals surface area contributed by atoms with Crippen molar-refractivity contribution in [2.45, 2.75) is 38.5 Å². The van der Waals surface area contributed by atoms with Crippen molar-refractivity contribution in [3.8, 4) is 0 Å². The van der Waals surface area contributed by atoms with E-state index in [2.05, 4.69) is 0 Å². The fourth-order valence-corrected chi connectivity index (χ4v) is 1.87. The molecule has 88 valence electrons. The van der Waals surface area contributed by atoms with Crippen molar-refractivity contribution in [3.05, 3.63) is 24.0 Å². The maximum absolute atomic E-state index is 11.9. The van der Waals surface area contributed by atoms with Crippen LogP contribution in [0.15, 0.2) is 18.3 Å². The maximum Gasteiger partial charge on any atom is 0.242 e. The first-order chi connectivity index (χ1) is 7.59. The lowest BCUT2D eigenvalue weighted by atomic mass is 10.3. The van der Waals surface area contributed by atoms with Crippen molar-refractivity contribution >= 4 is 5.91 Å². The molecule has 4 nitrogen and oxygen atoms in total.